The Bertz CT molecular complexity index is 810. The number of carbonyl (C=O) groups excluding carboxylic acids is 1. The molecule has 0 aliphatic carbocycles. The Kier molecular flexibility index (Phi) is 6.06. The molecule has 3 rings (SSSR count). The minimum absolute atomic E-state index is 0.0117. The van der Waals surface area contributed by atoms with E-state index in [1.807, 2.05) is 50.2 Å². The van der Waals surface area contributed by atoms with Crippen LogP contribution < -0.4 is 10.1 Å². The van der Waals surface area contributed by atoms with Gasteiger partial charge in [0, 0.05) is 27.8 Å². The highest BCUT2D eigenvalue weighted by atomic mass is 35.5. The molecule has 0 spiro atoms. The van der Waals surface area contributed by atoms with Crippen molar-refractivity contribution in [2.45, 2.75) is 37.7 Å². The van der Waals surface area contributed by atoms with Crippen LogP contribution in [0.5, 0.6) is 5.75 Å². The van der Waals surface area contributed by atoms with Gasteiger partial charge in [0.25, 0.3) is 0 Å². The summed E-state index contributed by atoms with van der Waals surface area (Å²) in [6, 6.07) is 13.3. The summed E-state index contributed by atoms with van der Waals surface area (Å²) >= 11 is 13.6. The van der Waals surface area contributed by atoms with Crippen molar-refractivity contribution in [3.63, 3.8) is 0 Å². The van der Waals surface area contributed by atoms with Gasteiger partial charge in [-0.1, -0.05) is 47.5 Å². The summed E-state index contributed by atoms with van der Waals surface area (Å²) in [7, 11) is 0. The topological polar surface area (TPSA) is 38.3 Å². The first-order chi connectivity index (χ1) is 12.3. The first-order valence-corrected chi connectivity index (χ1v) is 10.3. The van der Waals surface area contributed by atoms with Crippen LogP contribution in [0.2, 0.25) is 10.0 Å². The number of halogens is 2. The van der Waals surface area contributed by atoms with Gasteiger partial charge in [-0.05, 0) is 37.6 Å². The fraction of sp³-hybridized carbons (Fsp3) is 0.350. The molecule has 1 aliphatic heterocycles. The van der Waals surface area contributed by atoms with Gasteiger partial charge in [0.1, 0.15) is 11.4 Å². The van der Waals surface area contributed by atoms with Crippen molar-refractivity contribution in [2.75, 3.05) is 5.75 Å². The SMILES string of the molecule is CC1(C)C[C@H](NC(=O)CSCc2ccc(Cl)cc2Cl)c2ccccc2O1. The Balaban J connectivity index is 1.58. The Morgan fingerprint density at radius 3 is 2.81 bits per heavy atom. The number of amides is 1. The van der Waals surface area contributed by atoms with Crippen molar-refractivity contribution in [3.8, 4) is 5.75 Å². The predicted octanol–water partition coefficient (Wildman–Crippen LogP) is 5.65. The van der Waals surface area contributed by atoms with Crippen LogP contribution in [0.15, 0.2) is 42.5 Å². The highest BCUT2D eigenvalue weighted by Gasteiger charge is 2.34. The zero-order valence-electron chi connectivity index (χ0n) is 14.7. The summed E-state index contributed by atoms with van der Waals surface area (Å²) in [6.45, 7) is 4.08. The number of hydrogen-bond donors (Lipinski definition) is 1. The third-order valence-corrected chi connectivity index (χ3v) is 5.79. The molecule has 1 atom stereocenters. The van der Waals surface area contributed by atoms with Crippen LogP contribution in [0.25, 0.3) is 0 Å². The van der Waals surface area contributed by atoms with Crippen LogP contribution in [0.3, 0.4) is 0 Å². The maximum atomic E-state index is 12.4. The number of rotatable bonds is 5. The Morgan fingerprint density at radius 1 is 1.27 bits per heavy atom. The van der Waals surface area contributed by atoms with Gasteiger partial charge in [-0.3, -0.25) is 4.79 Å². The molecule has 2 aromatic carbocycles. The lowest BCUT2D eigenvalue weighted by Crippen LogP contribution is -2.41. The van der Waals surface area contributed by atoms with Crippen LogP contribution >= 0.6 is 35.0 Å². The number of nitrogens with one attached hydrogen (secondary N) is 1. The fourth-order valence-electron chi connectivity index (χ4n) is 3.06. The normalized spacial score (nSPS) is 17.9. The number of thioether (sulfide) groups is 1. The summed E-state index contributed by atoms with van der Waals surface area (Å²) < 4.78 is 6.01. The maximum Gasteiger partial charge on any atom is 0.230 e. The van der Waals surface area contributed by atoms with Crippen molar-refractivity contribution in [3.05, 3.63) is 63.6 Å². The summed E-state index contributed by atoms with van der Waals surface area (Å²) in [5.41, 5.74) is 1.70. The molecule has 0 unspecified atom stereocenters. The standard InChI is InChI=1S/C20H21Cl2NO2S/c1-20(2)10-17(15-5-3-4-6-18(15)25-20)23-19(24)12-26-11-13-7-8-14(21)9-16(13)22/h3-9,17H,10-12H2,1-2H3,(H,23,24)/t17-/m0/s1. The van der Waals surface area contributed by atoms with Crippen molar-refractivity contribution >= 4 is 40.9 Å². The maximum absolute atomic E-state index is 12.4. The van der Waals surface area contributed by atoms with E-state index < -0.39 is 0 Å². The average Bonchev–Trinajstić information content (AvgIpc) is 2.56. The third-order valence-electron chi connectivity index (χ3n) is 4.22. The summed E-state index contributed by atoms with van der Waals surface area (Å²) in [5.74, 6) is 1.89. The number of para-hydroxylation sites is 1. The number of carbonyl (C=O) groups is 1. The number of ether oxygens (including phenoxy) is 1. The van der Waals surface area contributed by atoms with Gasteiger partial charge in [0.15, 0.2) is 0 Å². The summed E-state index contributed by atoms with van der Waals surface area (Å²) in [6.07, 6.45) is 0.740. The summed E-state index contributed by atoms with van der Waals surface area (Å²) in [4.78, 5) is 12.4. The molecule has 1 aliphatic rings. The van der Waals surface area contributed by atoms with Crippen molar-refractivity contribution in [1.29, 1.82) is 0 Å². The first-order valence-electron chi connectivity index (χ1n) is 8.43. The molecule has 2 aromatic rings. The van der Waals surface area contributed by atoms with Crippen LogP contribution in [-0.4, -0.2) is 17.3 Å². The van der Waals surface area contributed by atoms with Gasteiger partial charge >= 0.3 is 0 Å². The second kappa shape index (κ2) is 8.12. The van der Waals surface area contributed by atoms with Gasteiger partial charge in [-0.25, -0.2) is 0 Å². The van der Waals surface area contributed by atoms with Crippen LogP contribution in [0.4, 0.5) is 0 Å². The minimum Gasteiger partial charge on any atom is -0.487 e. The lowest BCUT2D eigenvalue weighted by Gasteiger charge is -2.37. The lowest BCUT2D eigenvalue weighted by molar-refractivity contribution is -0.119. The molecule has 0 saturated heterocycles. The van der Waals surface area contributed by atoms with E-state index in [9.17, 15) is 4.79 Å². The number of benzene rings is 2. The average molecular weight is 410 g/mol. The van der Waals surface area contributed by atoms with Crippen molar-refractivity contribution in [2.24, 2.45) is 0 Å². The van der Waals surface area contributed by atoms with Crippen LogP contribution in [0.1, 0.15) is 37.4 Å². The van der Waals surface area contributed by atoms with Crippen LogP contribution in [-0.2, 0) is 10.5 Å². The number of hydrogen-bond acceptors (Lipinski definition) is 3. The fourth-order valence-corrected chi connectivity index (χ4v) is 4.46. The van der Waals surface area contributed by atoms with E-state index >= 15 is 0 Å². The van der Waals surface area contributed by atoms with Gasteiger partial charge in [0.05, 0.1) is 11.8 Å². The van der Waals surface area contributed by atoms with Crippen LogP contribution in [0, 0.1) is 0 Å². The van der Waals surface area contributed by atoms with Crippen molar-refractivity contribution in [1.82, 2.24) is 5.32 Å². The second-order valence-corrected chi connectivity index (χ2v) is 8.78. The first kappa shape index (κ1) is 19.4. The van der Waals surface area contributed by atoms with E-state index in [0.29, 0.717) is 21.6 Å². The predicted molar refractivity (Wildman–Crippen MR) is 109 cm³/mol. The molecule has 0 aromatic heterocycles. The number of fused-ring (bicyclic) bond motifs is 1. The molecule has 3 nitrogen and oxygen atoms in total. The largest absolute Gasteiger partial charge is 0.487 e. The van der Waals surface area contributed by atoms with Gasteiger partial charge in [-0.2, -0.15) is 0 Å². The monoisotopic (exact) mass is 409 g/mol. The van der Waals surface area contributed by atoms with E-state index in [4.69, 9.17) is 27.9 Å². The molecule has 1 amide bonds. The van der Waals surface area contributed by atoms with Gasteiger partial charge in [-0.15, -0.1) is 11.8 Å². The van der Waals surface area contributed by atoms with E-state index in [1.54, 1.807) is 6.07 Å². The molecule has 1 N–H and O–H groups in total. The van der Waals surface area contributed by atoms with E-state index in [-0.39, 0.29) is 17.6 Å². The molecule has 6 heteroatoms. The highest BCUT2D eigenvalue weighted by molar-refractivity contribution is 7.99. The summed E-state index contributed by atoms with van der Waals surface area (Å²) in [5, 5.41) is 4.39. The smallest absolute Gasteiger partial charge is 0.230 e. The lowest BCUT2D eigenvalue weighted by atomic mass is 9.90. The molecular weight excluding hydrogens is 389 g/mol. The molecule has 0 bridgehead atoms. The Hall–Kier alpha value is -1.36. The molecular formula is C20H21Cl2NO2S. The molecule has 0 fully saturated rings. The second-order valence-electron chi connectivity index (χ2n) is 6.95. The molecule has 0 radical (unpaired) electrons. The van der Waals surface area contributed by atoms with E-state index in [2.05, 4.69) is 5.32 Å². The van der Waals surface area contributed by atoms with Crippen molar-refractivity contribution < 1.29 is 9.53 Å². The van der Waals surface area contributed by atoms with E-state index in [1.165, 1.54) is 11.8 Å². The minimum atomic E-state index is -0.309. The Morgan fingerprint density at radius 2 is 2.04 bits per heavy atom. The quantitative estimate of drug-likeness (QED) is 0.693. The third kappa shape index (κ3) is 4.87. The molecule has 1 heterocycles. The van der Waals surface area contributed by atoms with E-state index in [0.717, 1.165) is 23.3 Å². The van der Waals surface area contributed by atoms with Gasteiger partial charge < -0.3 is 10.1 Å². The Labute approximate surface area is 168 Å². The molecule has 0 saturated carbocycles. The zero-order valence-corrected chi connectivity index (χ0v) is 17.0. The zero-order chi connectivity index (χ0) is 18.7. The molecule has 138 valence electrons. The van der Waals surface area contributed by atoms with Gasteiger partial charge in [0.2, 0.25) is 5.91 Å². The molecule has 26 heavy (non-hydrogen) atoms. The highest BCUT2D eigenvalue weighted by Crippen LogP contribution is 2.39.